The normalized spacial score (nSPS) is 30.5. The summed E-state index contributed by atoms with van der Waals surface area (Å²) in [5.74, 6) is 3.15. The molecule has 0 aromatic heterocycles. The third-order valence-corrected chi connectivity index (χ3v) is 7.44. The van der Waals surface area contributed by atoms with Crippen LogP contribution in [0.5, 0.6) is 0 Å². The maximum atomic E-state index is 10.7. The highest BCUT2D eigenvalue weighted by Gasteiger charge is 2.35. The van der Waals surface area contributed by atoms with Gasteiger partial charge in [-0.25, -0.2) is 0 Å². The Balaban J connectivity index is 1.47. The third kappa shape index (κ3) is 4.77. The average Bonchev–Trinajstić information content (AvgIpc) is 2.61. The summed E-state index contributed by atoms with van der Waals surface area (Å²) < 4.78 is 0. The standard InChI is InChI=1S/C21H33NOS/c1-16(15-24-20-10-4-3-5-11-20)21(23)14-22-13-19-9-7-6-8-18(19)12-17(22)2/h3-5,10-11,16-19,21,23H,6-9,12-15H2,1-2H3/t16-,17+,18-,19+,21+/m0/s1. The molecule has 24 heavy (non-hydrogen) atoms. The van der Waals surface area contributed by atoms with E-state index in [1.807, 2.05) is 11.8 Å². The van der Waals surface area contributed by atoms with E-state index in [2.05, 4.69) is 49.1 Å². The highest BCUT2D eigenvalue weighted by Crippen LogP contribution is 2.38. The zero-order chi connectivity index (χ0) is 16.9. The molecule has 1 aliphatic heterocycles. The van der Waals surface area contributed by atoms with Gasteiger partial charge in [0.05, 0.1) is 6.10 Å². The van der Waals surface area contributed by atoms with Crippen LogP contribution in [0, 0.1) is 17.8 Å². The smallest absolute Gasteiger partial charge is 0.0700 e. The number of hydrogen-bond donors (Lipinski definition) is 1. The Morgan fingerprint density at radius 2 is 1.88 bits per heavy atom. The van der Waals surface area contributed by atoms with E-state index in [1.165, 1.54) is 43.5 Å². The molecule has 0 unspecified atom stereocenters. The monoisotopic (exact) mass is 347 g/mol. The van der Waals surface area contributed by atoms with Gasteiger partial charge in [0.1, 0.15) is 0 Å². The summed E-state index contributed by atoms with van der Waals surface area (Å²) in [5.41, 5.74) is 0. The molecule has 0 amide bonds. The molecule has 1 N–H and O–H groups in total. The van der Waals surface area contributed by atoms with E-state index in [0.29, 0.717) is 12.0 Å². The summed E-state index contributed by atoms with van der Waals surface area (Å²) in [6.07, 6.45) is 6.81. The molecule has 134 valence electrons. The summed E-state index contributed by atoms with van der Waals surface area (Å²) in [6, 6.07) is 11.2. The lowest BCUT2D eigenvalue weighted by molar-refractivity contribution is 0.00211. The molecule has 1 aliphatic carbocycles. The quantitative estimate of drug-likeness (QED) is 0.756. The van der Waals surface area contributed by atoms with Crippen molar-refractivity contribution in [2.45, 2.75) is 63.0 Å². The number of thioether (sulfide) groups is 1. The van der Waals surface area contributed by atoms with E-state index >= 15 is 0 Å². The highest BCUT2D eigenvalue weighted by atomic mass is 32.2. The molecule has 0 spiro atoms. The molecule has 0 bridgehead atoms. The van der Waals surface area contributed by atoms with Crippen molar-refractivity contribution in [3.05, 3.63) is 30.3 Å². The summed E-state index contributed by atoms with van der Waals surface area (Å²) in [7, 11) is 0. The molecule has 2 nitrogen and oxygen atoms in total. The van der Waals surface area contributed by atoms with Gasteiger partial charge in [0.2, 0.25) is 0 Å². The number of β-amino-alcohol motifs (C(OH)–C–C–N with tert-alkyl or cyclic N) is 1. The number of likely N-dealkylation sites (tertiary alicyclic amines) is 1. The highest BCUT2D eigenvalue weighted by molar-refractivity contribution is 7.99. The largest absolute Gasteiger partial charge is 0.391 e. The minimum atomic E-state index is -0.219. The number of aliphatic hydroxyl groups is 1. The van der Waals surface area contributed by atoms with E-state index in [9.17, 15) is 5.11 Å². The van der Waals surface area contributed by atoms with Crippen molar-refractivity contribution in [2.24, 2.45) is 17.8 Å². The van der Waals surface area contributed by atoms with Gasteiger partial charge in [0.15, 0.2) is 0 Å². The first-order valence-electron chi connectivity index (χ1n) is 9.73. The van der Waals surface area contributed by atoms with Crippen LogP contribution in [-0.4, -0.2) is 41.0 Å². The fourth-order valence-electron chi connectivity index (χ4n) is 4.43. The molecule has 1 heterocycles. The molecule has 1 aromatic rings. The molecule has 3 heteroatoms. The van der Waals surface area contributed by atoms with Gasteiger partial charge in [-0.15, -0.1) is 11.8 Å². The van der Waals surface area contributed by atoms with Gasteiger partial charge in [-0.1, -0.05) is 44.4 Å². The molecule has 1 saturated carbocycles. The third-order valence-electron chi connectivity index (χ3n) is 6.14. The topological polar surface area (TPSA) is 23.5 Å². The molecule has 3 rings (SSSR count). The average molecular weight is 348 g/mol. The number of nitrogens with zero attached hydrogens (tertiary/aromatic N) is 1. The predicted octanol–water partition coefficient (Wildman–Crippen LogP) is 4.68. The lowest BCUT2D eigenvalue weighted by atomic mass is 9.73. The van der Waals surface area contributed by atoms with Gasteiger partial charge in [-0.2, -0.15) is 0 Å². The zero-order valence-corrected chi connectivity index (χ0v) is 16.0. The van der Waals surface area contributed by atoms with Crippen molar-refractivity contribution in [2.75, 3.05) is 18.8 Å². The fraction of sp³-hybridized carbons (Fsp3) is 0.714. The van der Waals surface area contributed by atoms with Crippen LogP contribution in [0.3, 0.4) is 0 Å². The van der Waals surface area contributed by atoms with Crippen LogP contribution in [0.2, 0.25) is 0 Å². The minimum Gasteiger partial charge on any atom is -0.391 e. The van der Waals surface area contributed by atoms with Crippen molar-refractivity contribution in [1.29, 1.82) is 0 Å². The lowest BCUT2D eigenvalue weighted by Crippen LogP contribution is -2.50. The second-order valence-electron chi connectivity index (χ2n) is 8.01. The van der Waals surface area contributed by atoms with Crippen molar-refractivity contribution >= 4 is 11.8 Å². The number of hydrogen-bond acceptors (Lipinski definition) is 3. The fourth-order valence-corrected chi connectivity index (χ4v) is 5.46. The van der Waals surface area contributed by atoms with Crippen LogP contribution < -0.4 is 0 Å². The second kappa shape index (κ2) is 8.73. The van der Waals surface area contributed by atoms with E-state index in [4.69, 9.17) is 0 Å². The summed E-state index contributed by atoms with van der Waals surface area (Å²) in [5, 5.41) is 10.7. The maximum absolute atomic E-state index is 10.7. The molecule has 2 fully saturated rings. The van der Waals surface area contributed by atoms with E-state index < -0.39 is 0 Å². The predicted molar refractivity (Wildman–Crippen MR) is 103 cm³/mol. The number of piperidine rings is 1. The molecule has 2 aliphatic rings. The first kappa shape index (κ1) is 18.3. The van der Waals surface area contributed by atoms with Crippen molar-refractivity contribution in [3.63, 3.8) is 0 Å². The van der Waals surface area contributed by atoms with Crippen LogP contribution in [0.1, 0.15) is 46.0 Å². The molecule has 5 atom stereocenters. The number of aliphatic hydroxyl groups excluding tert-OH is 1. The van der Waals surface area contributed by atoms with Crippen molar-refractivity contribution in [3.8, 4) is 0 Å². The Morgan fingerprint density at radius 1 is 1.17 bits per heavy atom. The maximum Gasteiger partial charge on any atom is 0.0700 e. The number of fused-ring (bicyclic) bond motifs is 1. The van der Waals surface area contributed by atoms with Crippen molar-refractivity contribution in [1.82, 2.24) is 4.90 Å². The molecular weight excluding hydrogens is 314 g/mol. The SMILES string of the molecule is C[C@@H]1C[C@@H]2CCCC[C@@H]2CN1C[C@@H](O)[C@@H](C)CSc1ccccc1. The second-order valence-corrected chi connectivity index (χ2v) is 9.11. The molecule has 1 saturated heterocycles. The lowest BCUT2D eigenvalue weighted by Gasteiger charge is -2.46. The first-order chi connectivity index (χ1) is 11.6. The Labute approximate surface area is 152 Å². The Kier molecular flexibility index (Phi) is 6.65. The van der Waals surface area contributed by atoms with Crippen molar-refractivity contribution < 1.29 is 5.11 Å². The molecular formula is C21H33NOS. The zero-order valence-electron chi connectivity index (χ0n) is 15.2. The van der Waals surface area contributed by atoms with Crippen LogP contribution in [-0.2, 0) is 0 Å². The van der Waals surface area contributed by atoms with E-state index in [0.717, 1.165) is 24.1 Å². The van der Waals surface area contributed by atoms with Gasteiger partial charge < -0.3 is 5.11 Å². The van der Waals surface area contributed by atoms with Gasteiger partial charge in [0, 0.05) is 29.8 Å². The number of rotatable bonds is 6. The molecule has 1 aromatic carbocycles. The number of benzene rings is 1. The van der Waals surface area contributed by atoms with E-state index in [1.54, 1.807) is 0 Å². The van der Waals surface area contributed by atoms with Gasteiger partial charge >= 0.3 is 0 Å². The van der Waals surface area contributed by atoms with Gasteiger partial charge in [0.25, 0.3) is 0 Å². The van der Waals surface area contributed by atoms with Crippen LogP contribution in [0.4, 0.5) is 0 Å². The Morgan fingerprint density at radius 3 is 2.62 bits per heavy atom. The summed E-state index contributed by atoms with van der Waals surface area (Å²) in [6.45, 7) is 6.61. The van der Waals surface area contributed by atoms with Crippen LogP contribution in [0.15, 0.2) is 35.2 Å². The molecule has 0 radical (unpaired) electrons. The van der Waals surface area contributed by atoms with Gasteiger partial charge in [-0.05, 0) is 49.7 Å². The summed E-state index contributed by atoms with van der Waals surface area (Å²) >= 11 is 1.86. The van der Waals surface area contributed by atoms with E-state index in [-0.39, 0.29) is 6.10 Å². The Bertz CT molecular complexity index is 494. The summed E-state index contributed by atoms with van der Waals surface area (Å²) in [4.78, 5) is 3.87. The van der Waals surface area contributed by atoms with Gasteiger partial charge in [-0.3, -0.25) is 4.90 Å². The van der Waals surface area contributed by atoms with Crippen LogP contribution in [0.25, 0.3) is 0 Å². The minimum absolute atomic E-state index is 0.219. The Hall–Kier alpha value is -0.510. The van der Waals surface area contributed by atoms with Crippen LogP contribution >= 0.6 is 11.8 Å². The first-order valence-corrected chi connectivity index (χ1v) is 10.7.